The highest BCUT2D eigenvalue weighted by atomic mass is 35.7. The van der Waals surface area contributed by atoms with Gasteiger partial charge in [0.1, 0.15) is 4.21 Å². The number of nitrogens with one attached hydrogen (secondary N) is 1. The van der Waals surface area contributed by atoms with Gasteiger partial charge in [0.2, 0.25) is 0 Å². The Labute approximate surface area is 136 Å². The van der Waals surface area contributed by atoms with Crippen molar-refractivity contribution >= 4 is 48.6 Å². The summed E-state index contributed by atoms with van der Waals surface area (Å²) in [5.41, 5.74) is 0.523. The van der Waals surface area contributed by atoms with Crippen LogP contribution in [0.2, 0.25) is 5.02 Å². The summed E-state index contributed by atoms with van der Waals surface area (Å²) >= 11 is 6.85. The van der Waals surface area contributed by atoms with Crippen LogP contribution >= 0.6 is 33.6 Å². The summed E-state index contributed by atoms with van der Waals surface area (Å²) in [5.74, 6) is -0.201. The van der Waals surface area contributed by atoms with Crippen LogP contribution in [0, 0.1) is 0 Å². The Balaban J connectivity index is 1.88. The molecule has 0 saturated heterocycles. The molecule has 0 aliphatic heterocycles. The highest BCUT2D eigenvalue weighted by Crippen LogP contribution is 2.24. The van der Waals surface area contributed by atoms with E-state index >= 15 is 0 Å². The van der Waals surface area contributed by atoms with E-state index in [0.29, 0.717) is 23.6 Å². The number of rotatable bonds is 5. The van der Waals surface area contributed by atoms with Gasteiger partial charge in [0.25, 0.3) is 15.0 Å². The fourth-order valence-electron chi connectivity index (χ4n) is 1.63. The Morgan fingerprint density at radius 1 is 1.14 bits per heavy atom. The maximum Gasteiger partial charge on any atom is 0.270 e. The van der Waals surface area contributed by atoms with Crippen LogP contribution < -0.4 is 5.32 Å². The lowest BCUT2D eigenvalue weighted by Gasteiger charge is -2.04. The van der Waals surface area contributed by atoms with E-state index in [1.54, 1.807) is 30.3 Å². The molecule has 2 aromatic rings. The van der Waals surface area contributed by atoms with Crippen molar-refractivity contribution in [3.05, 3.63) is 51.9 Å². The number of hydrogen-bond donors (Lipinski definition) is 1. The summed E-state index contributed by atoms with van der Waals surface area (Å²) in [6.45, 7) is 0.406. The van der Waals surface area contributed by atoms with Crippen molar-refractivity contribution in [2.24, 2.45) is 0 Å². The minimum atomic E-state index is -3.68. The first-order valence-corrected chi connectivity index (χ1v) is 9.44. The van der Waals surface area contributed by atoms with Crippen molar-refractivity contribution in [2.45, 2.75) is 10.6 Å². The second-order valence-corrected chi connectivity index (χ2v) is 8.57. The number of benzene rings is 1. The Morgan fingerprint density at radius 2 is 1.81 bits per heavy atom. The van der Waals surface area contributed by atoms with Gasteiger partial charge >= 0.3 is 0 Å². The van der Waals surface area contributed by atoms with Crippen LogP contribution in [0.4, 0.5) is 0 Å². The SMILES string of the molecule is O=C(NCCc1ccc(S(=O)(=O)Cl)s1)c1ccc(Cl)cc1. The average Bonchev–Trinajstić information content (AvgIpc) is 2.88. The van der Waals surface area contributed by atoms with Crippen LogP contribution in [0.1, 0.15) is 15.2 Å². The molecule has 0 radical (unpaired) electrons. The monoisotopic (exact) mass is 363 g/mol. The standard InChI is InChI=1S/C13H11Cl2NO3S2/c14-10-3-1-9(2-4-10)13(17)16-8-7-11-5-6-12(20-11)21(15,18)19/h1-6H,7-8H2,(H,16,17). The van der Waals surface area contributed by atoms with Gasteiger partial charge < -0.3 is 5.32 Å². The second kappa shape index (κ2) is 6.79. The molecule has 1 N–H and O–H groups in total. The van der Waals surface area contributed by atoms with Gasteiger partial charge in [-0.2, -0.15) is 0 Å². The van der Waals surface area contributed by atoms with E-state index in [4.69, 9.17) is 22.3 Å². The molecule has 0 fully saturated rings. The molecule has 21 heavy (non-hydrogen) atoms. The van der Waals surface area contributed by atoms with E-state index in [1.165, 1.54) is 6.07 Å². The van der Waals surface area contributed by atoms with E-state index in [9.17, 15) is 13.2 Å². The normalized spacial score (nSPS) is 11.3. The summed E-state index contributed by atoms with van der Waals surface area (Å²) < 4.78 is 22.4. The summed E-state index contributed by atoms with van der Waals surface area (Å²) in [5, 5.41) is 3.33. The molecular weight excluding hydrogens is 353 g/mol. The fourth-order valence-corrected chi connectivity index (χ4v) is 3.87. The lowest BCUT2D eigenvalue weighted by molar-refractivity contribution is 0.0954. The molecule has 0 atom stereocenters. The molecule has 0 unspecified atom stereocenters. The minimum Gasteiger partial charge on any atom is -0.352 e. The third-order valence-electron chi connectivity index (χ3n) is 2.64. The van der Waals surface area contributed by atoms with Gasteiger partial charge in [-0.15, -0.1) is 11.3 Å². The molecule has 8 heteroatoms. The van der Waals surface area contributed by atoms with Gasteiger partial charge in [0.15, 0.2) is 0 Å². The summed E-state index contributed by atoms with van der Waals surface area (Å²) in [4.78, 5) is 12.7. The number of carbonyl (C=O) groups is 1. The Hall–Kier alpha value is -1.08. The molecule has 112 valence electrons. The van der Waals surface area contributed by atoms with Gasteiger partial charge in [-0.3, -0.25) is 4.79 Å². The molecule has 0 aliphatic carbocycles. The van der Waals surface area contributed by atoms with Crippen LogP contribution in [-0.2, 0) is 15.5 Å². The summed E-state index contributed by atoms with van der Waals surface area (Å²) in [6.07, 6.45) is 0.538. The maximum atomic E-state index is 11.8. The lowest BCUT2D eigenvalue weighted by atomic mass is 10.2. The van der Waals surface area contributed by atoms with Crippen LogP contribution in [0.15, 0.2) is 40.6 Å². The first kappa shape index (κ1) is 16.3. The molecule has 2 rings (SSSR count). The fraction of sp³-hybridized carbons (Fsp3) is 0.154. The minimum absolute atomic E-state index is 0.114. The molecule has 0 saturated carbocycles. The first-order valence-electron chi connectivity index (χ1n) is 5.93. The van der Waals surface area contributed by atoms with Crippen molar-refractivity contribution in [1.82, 2.24) is 5.32 Å². The van der Waals surface area contributed by atoms with Crippen molar-refractivity contribution in [3.63, 3.8) is 0 Å². The second-order valence-electron chi connectivity index (χ2n) is 4.17. The quantitative estimate of drug-likeness (QED) is 0.828. The molecule has 1 amide bonds. The zero-order chi connectivity index (χ0) is 15.5. The smallest absolute Gasteiger partial charge is 0.270 e. The summed E-state index contributed by atoms with van der Waals surface area (Å²) in [7, 11) is 1.57. The van der Waals surface area contributed by atoms with Crippen molar-refractivity contribution < 1.29 is 13.2 Å². The topological polar surface area (TPSA) is 63.2 Å². The van der Waals surface area contributed by atoms with Crippen molar-refractivity contribution in [2.75, 3.05) is 6.54 Å². The largest absolute Gasteiger partial charge is 0.352 e. The molecule has 1 aromatic heterocycles. The molecule has 0 bridgehead atoms. The predicted molar refractivity (Wildman–Crippen MR) is 84.8 cm³/mol. The van der Waals surface area contributed by atoms with Gasteiger partial charge in [-0.05, 0) is 42.8 Å². The number of hydrogen-bond acceptors (Lipinski definition) is 4. The molecular formula is C13H11Cl2NO3S2. The average molecular weight is 364 g/mol. The van der Waals surface area contributed by atoms with Crippen LogP contribution in [-0.4, -0.2) is 20.9 Å². The van der Waals surface area contributed by atoms with Crippen LogP contribution in [0.25, 0.3) is 0 Å². The van der Waals surface area contributed by atoms with E-state index in [2.05, 4.69) is 5.32 Å². The molecule has 0 aliphatic rings. The highest BCUT2D eigenvalue weighted by Gasteiger charge is 2.13. The van der Waals surface area contributed by atoms with E-state index in [0.717, 1.165) is 16.2 Å². The number of halogens is 2. The van der Waals surface area contributed by atoms with E-state index in [-0.39, 0.29) is 10.1 Å². The maximum absolute atomic E-state index is 11.8. The predicted octanol–water partition coefficient (Wildman–Crippen LogP) is 3.30. The van der Waals surface area contributed by atoms with Crippen molar-refractivity contribution in [1.29, 1.82) is 0 Å². The first-order chi connectivity index (χ1) is 9.86. The molecule has 0 spiro atoms. The molecule has 4 nitrogen and oxygen atoms in total. The Kier molecular flexibility index (Phi) is 5.27. The third-order valence-corrected chi connectivity index (χ3v) is 6.13. The number of carbonyl (C=O) groups excluding carboxylic acids is 1. The van der Waals surface area contributed by atoms with Crippen molar-refractivity contribution in [3.8, 4) is 0 Å². The van der Waals surface area contributed by atoms with Gasteiger partial charge in [-0.1, -0.05) is 11.6 Å². The van der Waals surface area contributed by atoms with Gasteiger partial charge in [0, 0.05) is 32.7 Å². The highest BCUT2D eigenvalue weighted by molar-refractivity contribution is 8.15. The lowest BCUT2D eigenvalue weighted by Crippen LogP contribution is -2.25. The van der Waals surface area contributed by atoms with Gasteiger partial charge in [-0.25, -0.2) is 8.42 Å². The van der Waals surface area contributed by atoms with E-state index < -0.39 is 9.05 Å². The number of amides is 1. The van der Waals surface area contributed by atoms with Crippen LogP contribution in [0.5, 0.6) is 0 Å². The zero-order valence-corrected chi connectivity index (χ0v) is 13.8. The Morgan fingerprint density at radius 3 is 2.38 bits per heavy atom. The number of thiophene rings is 1. The third kappa shape index (κ3) is 4.71. The zero-order valence-electron chi connectivity index (χ0n) is 10.7. The van der Waals surface area contributed by atoms with E-state index in [1.807, 2.05) is 0 Å². The Bertz CT molecular complexity index is 739. The molecule has 1 aromatic carbocycles. The summed E-state index contributed by atoms with van der Waals surface area (Å²) in [6, 6.07) is 9.72. The van der Waals surface area contributed by atoms with Crippen LogP contribution in [0.3, 0.4) is 0 Å². The van der Waals surface area contributed by atoms with Gasteiger partial charge in [0.05, 0.1) is 0 Å². The molecule has 1 heterocycles.